The molecule has 0 atom stereocenters. The molecule has 2 rings (SSSR count). The topological polar surface area (TPSA) is 58.9 Å². The smallest absolute Gasteiger partial charge is 0.211 e. The van der Waals surface area contributed by atoms with Crippen LogP contribution in [0.25, 0.3) is 0 Å². The van der Waals surface area contributed by atoms with Crippen molar-refractivity contribution in [2.24, 2.45) is 21.8 Å². The summed E-state index contributed by atoms with van der Waals surface area (Å²) >= 11 is 0. The van der Waals surface area contributed by atoms with Crippen LogP contribution in [-0.4, -0.2) is 17.8 Å². The maximum absolute atomic E-state index is 10.9. The summed E-state index contributed by atoms with van der Waals surface area (Å²) in [5.41, 5.74) is -0.857. The van der Waals surface area contributed by atoms with Crippen LogP contribution in [0.4, 0.5) is 0 Å². The van der Waals surface area contributed by atoms with Crippen molar-refractivity contribution in [2.45, 2.75) is 69.9 Å². The minimum atomic E-state index is -0.857. The van der Waals surface area contributed by atoms with Crippen molar-refractivity contribution in [1.82, 2.24) is 0 Å². The standard InChI is InChI=1S/C15H22N2O2/c18-11-16-15(17-12-19,13-7-3-1-4-8-13)14-9-5-2-6-10-14/h13-14H,1-10H2/p+1. The Labute approximate surface area is 115 Å². The largest absolute Gasteiger partial charge is 1.00 e. The van der Waals surface area contributed by atoms with Gasteiger partial charge in [0, 0.05) is 11.8 Å². The first kappa shape index (κ1) is 14.2. The van der Waals surface area contributed by atoms with Crippen LogP contribution in [0.5, 0.6) is 0 Å². The molecule has 0 N–H and O–H groups in total. The number of isocyanates is 2. The number of carbonyl (C=O) groups excluding carboxylic acids is 2. The lowest BCUT2D eigenvalue weighted by Crippen LogP contribution is -2.43. The van der Waals surface area contributed by atoms with E-state index < -0.39 is 5.66 Å². The zero-order valence-electron chi connectivity index (χ0n) is 12.4. The lowest BCUT2D eigenvalue weighted by Gasteiger charge is -2.41. The summed E-state index contributed by atoms with van der Waals surface area (Å²) < 4.78 is 0. The van der Waals surface area contributed by atoms with Crippen molar-refractivity contribution in [1.29, 1.82) is 0 Å². The van der Waals surface area contributed by atoms with E-state index in [2.05, 4.69) is 9.98 Å². The molecule has 0 saturated heterocycles. The van der Waals surface area contributed by atoms with Gasteiger partial charge in [-0.15, -0.1) is 0 Å². The van der Waals surface area contributed by atoms with Crippen molar-refractivity contribution >= 4 is 12.2 Å². The van der Waals surface area contributed by atoms with Crippen LogP contribution in [0, 0.1) is 11.8 Å². The second-order valence-corrected chi connectivity index (χ2v) is 5.86. The predicted molar refractivity (Wildman–Crippen MR) is 73.2 cm³/mol. The summed E-state index contributed by atoms with van der Waals surface area (Å²) in [5, 5.41) is 0. The van der Waals surface area contributed by atoms with Crippen LogP contribution in [0.15, 0.2) is 9.98 Å². The highest BCUT2D eigenvalue weighted by atomic mass is 16.1. The monoisotopic (exact) mass is 263 g/mol. The first-order valence-electron chi connectivity index (χ1n) is 7.51. The van der Waals surface area contributed by atoms with Gasteiger partial charge in [-0.1, -0.05) is 38.5 Å². The van der Waals surface area contributed by atoms with Gasteiger partial charge < -0.3 is 0 Å². The Kier molecular flexibility index (Phi) is 5.07. The first-order valence-corrected chi connectivity index (χ1v) is 7.51. The molecule has 4 heteroatoms. The van der Waals surface area contributed by atoms with Crippen LogP contribution >= 0.6 is 0 Å². The SMILES string of the molecule is O=C=NC(N=C=O)(C1CCCCC1)C1CCCCC1.[H+]. The van der Waals surface area contributed by atoms with Gasteiger partial charge in [-0.3, -0.25) is 0 Å². The molecule has 0 bridgehead atoms. The van der Waals surface area contributed by atoms with Gasteiger partial charge >= 0.3 is 1.43 Å². The van der Waals surface area contributed by atoms with Crippen molar-refractivity contribution < 1.29 is 11.0 Å². The fourth-order valence-corrected chi connectivity index (χ4v) is 3.92. The normalized spacial score (nSPS) is 22.3. The predicted octanol–water partition coefficient (Wildman–Crippen LogP) is 3.63. The van der Waals surface area contributed by atoms with E-state index in [1.165, 1.54) is 12.8 Å². The molecule has 19 heavy (non-hydrogen) atoms. The highest BCUT2D eigenvalue weighted by molar-refractivity contribution is 5.40. The molecule has 2 aliphatic rings. The van der Waals surface area contributed by atoms with Crippen molar-refractivity contribution in [3.63, 3.8) is 0 Å². The van der Waals surface area contributed by atoms with Crippen molar-refractivity contribution in [2.75, 3.05) is 0 Å². The number of hydrogen-bond acceptors (Lipinski definition) is 4. The molecule has 0 unspecified atom stereocenters. The zero-order valence-corrected chi connectivity index (χ0v) is 11.4. The Morgan fingerprint density at radius 3 is 1.42 bits per heavy atom. The van der Waals surface area contributed by atoms with Crippen molar-refractivity contribution in [3.8, 4) is 0 Å². The minimum Gasteiger partial charge on any atom is -0.211 e. The minimum absolute atomic E-state index is 0. The van der Waals surface area contributed by atoms with Crippen LogP contribution in [-0.2, 0) is 9.59 Å². The second kappa shape index (κ2) is 6.79. The zero-order chi connectivity index (χ0) is 13.6. The van der Waals surface area contributed by atoms with Gasteiger partial charge in [0.05, 0.1) is 0 Å². The summed E-state index contributed by atoms with van der Waals surface area (Å²) in [6, 6.07) is 0. The maximum atomic E-state index is 10.9. The fraction of sp³-hybridized carbons (Fsp3) is 0.867. The number of hydrogen-bond donors (Lipinski definition) is 0. The molecule has 0 aromatic rings. The third-order valence-electron chi connectivity index (χ3n) is 4.86. The molecule has 0 radical (unpaired) electrons. The van der Waals surface area contributed by atoms with E-state index >= 15 is 0 Å². The lowest BCUT2D eigenvalue weighted by atomic mass is 9.69. The van der Waals surface area contributed by atoms with E-state index in [-0.39, 0.29) is 13.3 Å². The third-order valence-corrected chi connectivity index (χ3v) is 4.86. The summed E-state index contributed by atoms with van der Waals surface area (Å²) in [6.45, 7) is 0. The number of nitrogens with zero attached hydrogens (tertiary/aromatic N) is 2. The van der Waals surface area contributed by atoms with Gasteiger partial charge in [-0.25, -0.2) is 9.59 Å². The Hall–Kier alpha value is -1.24. The van der Waals surface area contributed by atoms with E-state index in [4.69, 9.17) is 0 Å². The molecule has 0 aromatic heterocycles. The van der Waals surface area contributed by atoms with Crippen LogP contribution in [0.3, 0.4) is 0 Å². The van der Waals surface area contributed by atoms with E-state index in [0.717, 1.165) is 51.4 Å². The molecule has 0 aromatic carbocycles. The van der Waals surface area contributed by atoms with Gasteiger partial charge in [-0.05, 0) is 25.7 Å². The quantitative estimate of drug-likeness (QED) is 0.574. The third kappa shape index (κ3) is 3.02. The molecule has 0 amide bonds. The second-order valence-electron chi connectivity index (χ2n) is 5.86. The van der Waals surface area contributed by atoms with E-state index in [9.17, 15) is 9.59 Å². The molecular weight excluding hydrogens is 240 g/mol. The average Bonchev–Trinajstić information content (AvgIpc) is 2.49. The highest BCUT2D eigenvalue weighted by Crippen LogP contribution is 2.45. The van der Waals surface area contributed by atoms with Gasteiger partial charge in [-0.2, -0.15) is 9.98 Å². The lowest BCUT2D eigenvalue weighted by molar-refractivity contribution is 0.115. The van der Waals surface area contributed by atoms with E-state index in [1.54, 1.807) is 12.2 Å². The first-order chi connectivity index (χ1) is 9.33. The molecule has 104 valence electrons. The summed E-state index contributed by atoms with van der Waals surface area (Å²) in [6.07, 6.45) is 14.4. The molecule has 0 heterocycles. The molecular formula is C15H23N2O2+. The fourth-order valence-electron chi connectivity index (χ4n) is 3.92. The van der Waals surface area contributed by atoms with Crippen LogP contribution in [0.1, 0.15) is 65.6 Å². The van der Waals surface area contributed by atoms with Gasteiger partial charge in [0.25, 0.3) is 0 Å². The highest BCUT2D eigenvalue weighted by Gasteiger charge is 2.46. The summed E-state index contributed by atoms with van der Waals surface area (Å²) in [7, 11) is 0. The van der Waals surface area contributed by atoms with Gasteiger partial charge in [0.15, 0.2) is 5.66 Å². The molecule has 4 nitrogen and oxygen atoms in total. The summed E-state index contributed by atoms with van der Waals surface area (Å²) in [4.78, 5) is 29.9. The Morgan fingerprint density at radius 1 is 0.737 bits per heavy atom. The Morgan fingerprint density at radius 2 is 1.11 bits per heavy atom. The Bertz CT molecular complexity index is 351. The molecule has 0 aliphatic heterocycles. The molecule has 2 saturated carbocycles. The summed E-state index contributed by atoms with van der Waals surface area (Å²) in [5.74, 6) is 0.430. The Balaban J connectivity index is 0.00000200. The van der Waals surface area contributed by atoms with Gasteiger partial charge in [0.1, 0.15) is 0 Å². The van der Waals surface area contributed by atoms with Crippen LogP contribution < -0.4 is 0 Å². The maximum Gasteiger partial charge on any atom is 1.00 e. The van der Waals surface area contributed by atoms with Gasteiger partial charge in [0.2, 0.25) is 12.2 Å². The van der Waals surface area contributed by atoms with Crippen molar-refractivity contribution in [3.05, 3.63) is 0 Å². The average molecular weight is 263 g/mol. The molecule has 2 aliphatic carbocycles. The molecule has 2 fully saturated rings. The number of rotatable bonds is 4. The molecule has 0 spiro atoms. The van der Waals surface area contributed by atoms with Crippen LogP contribution in [0.2, 0.25) is 0 Å². The number of aliphatic imine (C=N–C) groups is 2. The van der Waals surface area contributed by atoms with E-state index in [0.29, 0.717) is 0 Å². The van der Waals surface area contributed by atoms with E-state index in [1.807, 2.05) is 0 Å².